The quantitative estimate of drug-likeness (QED) is 0.546. The lowest BCUT2D eigenvalue weighted by atomic mass is 9.98. The third-order valence-electron chi connectivity index (χ3n) is 5.73. The largest absolute Gasteiger partial charge is 0.497 e. The molecule has 0 bridgehead atoms. The highest BCUT2D eigenvalue weighted by molar-refractivity contribution is 7.13. The highest BCUT2D eigenvalue weighted by Gasteiger charge is 2.27. The summed E-state index contributed by atoms with van der Waals surface area (Å²) in [6.07, 6.45) is 2.55. The summed E-state index contributed by atoms with van der Waals surface area (Å²) in [5, 5.41) is 15.3. The van der Waals surface area contributed by atoms with Crippen molar-refractivity contribution in [3.8, 4) is 5.75 Å². The van der Waals surface area contributed by atoms with E-state index in [1.54, 1.807) is 31.4 Å². The summed E-state index contributed by atoms with van der Waals surface area (Å²) in [5.41, 5.74) is 2.71. The smallest absolute Gasteiger partial charge is 0.321 e. The van der Waals surface area contributed by atoms with E-state index in [4.69, 9.17) is 4.74 Å². The van der Waals surface area contributed by atoms with Gasteiger partial charge in [-0.3, -0.25) is 4.79 Å². The molecule has 2 N–H and O–H groups in total. The highest BCUT2D eigenvalue weighted by Crippen LogP contribution is 2.30. The number of anilines is 2. The number of rotatable bonds is 6. The van der Waals surface area contributed by atoms with Crippen LogP contribution >= 0.6 is 11.3 Å². The lowest BCUT2D eigenvalue weighted by Crippen LogP contribution is -2.40. The number of amides is 3. The molecule has 1 saturated heterocycles. The Kier molecular flexibility index (Phi) is 7.19. The van der Waals surface area contributed by atoms with Crippen LogP contribution in [0.5, 0.6) is 5.75 Å². The Morgan fingerprint density at radius 1 is 1.00 bits per heavy atom. The number of carbonyl (C=O) groups is 2. The van der Waals surface area contributed by atoms with Crippen molar-refractivity contribution in [2.75, 3.05) is 30.8 Å². The fourth-order valence-corrected chi connectivity index (χ4v) is 4.61. The number of methoxy groups -OCH3 is 1. The highest BCUT2D eigenvalue weighted by atomic mass is 32.1. The van der Waals surface area contributed by atoms with E-state index in [1.807, 2.05) is 29.2 Å². The fraction of sp³-hybridized carbons (Fsp3) is 0.333. The molecule has 0 atom stereocenters. The van der Waals surface area contributed by atoms with Gasteiger partial charge in [0.05, 0.1) is 7.11 Å². The van der Waals surface area contributed by atoms with Gasteiger partial charge in [-0.15, -0.1) is 10.2 Å². The Morgan fingerprint density at radius 3 is 2.27 bits per heavy atom. The molecule has 1 aliphatic heterocycles. The van der Waals surface area contributed by atoms with E-state index in [-0.39, 0.29) is 17.9 Å². The van der Waals surface area contributed by atoms with Crippen molar-refractivity contribution in [1.29, 1.82) is 0 Å². The van der Waals surface area contributed by atoms with Crippen molar-refractivity contribution in [2.24, 2.45) is 0 Å². The number of carbonyl (C=O) groups excluding carboxylic acids is 2. The number of hydrogen-bond acceptors (Lipinski definition) is 6. The van der Waals surface area contributed by atoms with Gasteiger partial charge in [-0.1, -0.05) is 30.4 Å². The van der Waals surface area contributed by atoms with Crippen molar-refractivity contribution in [2.45, 2.75) is 32.1 Å². The van der Waals surface area contributed by atoms with Gasteiger partial charge in [-0.2, -0.15) is 0 Å². The second-order valence-corrected chi connectivity index (χ2v) is 8.88. The van der Waals surface area contributed by atoms with Crippen LogP contribution in [0.2, 0.25) is 0 Å². The number of piperidine rings is 1. The molecule has 2 aromatic carbocycles. The summed E-state index contributed by atoms with van der Waals surface area (Å²) in [5.74, 6) is 0.633. The van der Waals surface area contributed by atoms with Crippen LogP contribution in [-0.4, -0.2) is 47.2 Å². The van der Waals surface area contributed by atoms with Gasteiger partial charge in [0, 0.05) is 30.4 Å². The predicted molar refractivity (Wildman–Crippen MR) is 129 cm³/mol. The van der Waals surface area contributed by atoms with Crippen LogP contribution < -0.4 is 15.4 Å². The third-order valence-corrected chi connectivity index (χ3v) is 6.81. The molecular weight excluding hydrogens is 438 g/mol. The minimum absolute atomic E-state index is 0.0884. The molecule has 172 valence electrons. The third kappa shape index (κ3) is 5.67. The van der Waals surface area contributed by atoms with Gasteiger partial charge in [-0.25, -0.2) is 4.79 Å². The lowest BCUT2D eigenvalue weighted by molar-refractivity contribution is 0.102. The molecule has 0 saturated carbocycles. The number of benzene rings is 2. The van der Waals surface area contributed by atoms with Gasteiger partial charge in [0.1, 0.15) is 10.8 Å². The maximum atomic E-state index is 12.6. The first-order valence-corrected chi connectivity index (χ1v) is 11.8. The van der Waals surface area contributed by atoms with E-state index in [2.05, 4.69) is 27.8 Å². The Morgan fingerprint density at radius 2 is 1.64 bits per heavy atom. The van der Waals surface area contributed by atoms with E-state index >= 15 is 0 Å². The number of ether oxygens (including phenoxy) is 1. The van der Waals surface area contributed by atoms with E-state index in [0.717, 1.165) is 35.7 Å². The van der Waals surface area contributed by atoms with Crippen LogP contribution in [0.1, 0.15) is 46.1 Å². The standard InChI is InChI=1S/C24H27N5O3S/c1-3-16-4-6-19(7-5-16)26-24(31)29-14-12-17(13-15-29)22-27-28-23(33-22)21(30)25-18-8-10-20(32-2)11-9-18/h4-11,17H,3,12-15H2,1-2H3,(H,25,30)(H,26,31). The van der Waals surface area contributed by atoms with Crippen molar-refractivity contribution in [3.63, 3.8) is 0 Å². The number of nitrogens with one attached hydrogen (secondary N) is 2. The summed E-state index contributed by atoms with van der Waals surface area (Å²) in [4.78, 5) is 26.9. The van der Waals surface area contributed by atoms with E-state index in [9.17, 15) is 9.59 Å². The summed E-state index contributed by atoms with van der Waals surface area (Å²) >= 11 is 1.31. The SMILES string of the molecule is CCc1ccc(NC(=O)N2CCC(c3nnc(C(=O)Nc4ccc(OC)cc4)s3)CC2)cc1. The summed E-state index contributed by atoms with van der Waals surface area (Å²) in [7, 11) is 1.60. The Balaban J connectivity index is 1.28. The fourth-order valence-electron chi connectivity index (χ4n) is 3.71. The monoisotopic (exact) mass is 465 g/mol. The zero-order valence-corrected chi connectivity index (χ0v) is 19.5. The second kappa shape index (κ2) is 10.4. The number of likely N-dealkylation sites (tertiary alicyclic amines) is 1. The van der Waals surface area contributed by atoms with E-state index < -0.39 is 0 Å². The first-order chi connectivity index (χ1) is 16.1. The average molecular weight is 466 g/mol. The first kappa shape index (κ1) is 22.7. The molecule has 3 amide bonds. The minimum atomic E-state index is -0.283. The Bertz CT molecular complexity index is 1090. The van der Waals surface area contributed by atoms with Gasteiger partial charge >= 0.3 is 6.03 Å². The molecular formula is C24H27N5O3S. The minimum Gasteiger partial charge on any atom is -0.497 e. The summed E-state index contributed by atoms with van der Waals surface area (Å²) in [6.45, 7) is 3.37. The molecule has 0 spiro atoms. The first-order valence-electron chi connectivity index (χ1n) is 11.0. The van der Waals surface area contributed by atoms with E-state index in [0.29, 0.717) is 23.8 Å². The molecule has 8 nitrogen and oxygen atoms in total. The predicted octanol–water partition coefficient (Wildman–Crippen LogP) is 4.77. The molecule has 9 heteroatoms. The molecule has 1 aliphatic rings. The molecule has 4 rings (SSSR count). The number of aryl methyl sites for hydroxylation is 1. The maximum Gasteiger partial charge on any atom is 0.321 e. The average Bonchev–Trinajstić information content (AvgIpc) is 3.36. The van der Waals surface area contributed by atoms with Crippen molar-refractivity contribution >= 4 is 34.6 Å². The van der Waals surface area contributed by atoms with Crippen molar-refractivity contribution in [1.82, 2.24) is 15.1 Å². The lowest BCUT2D eigenvalue weighted by Gasteiger charge is -2.31. The molecule has 1 aromatic heterocycles. The van der Waals surface area contributed by atoms with Crippen LogP contribution in [0.3, 0.4) is 0 Å². The van der Waals surface area contributed by atoms with Gasteiger partial charge in [0.25, 0.3) is 5.91 Å². The molecule has 0 unspecified atom stereocenters. The maximum absolute atomic E-state index is 12.6. The van der Waals surface area contributed by atoms with E-state index in [1.165, 1.54) is 16.9 Å². The molecule has 3 aromatic rings. The number of aromatic nitrogens is 2. The van der Waals surface area contributed by atoms with Gasteiger partial charge in [-0.05, 0) is 61.2 Å². The second-order valence-electron chi connectivity index (χ2n) is 7.87. The van der Waals surface area contributed by atoms with Crippen LogP contribution in [0, 0.1) is 0 Å². The van der Waals surface area contributed by atoms with Crippen LogP contribution in [0.15, 0.2) is 48.5 Å². The van der Waals surface area contributed by atoms with Crippen molar-refractivity contribution < 1.29 is 14.3 Å². The van der Waals surface area contributed by atoms with Crippen LogP contribution in [0.25, 0.3) is 0 Å². The summed E-state index contributed by atoms with van der Waals surface area (Å²) < 4.78 is 5.13. The van der Waals surface area contributed by atoms with Crippen LogP contribution in [0.4, 0.5) is 16.2 Å². The molecule has 33 heavy (non-hydrogen) atoms. The summed E-state index contributed by atoms with van der Waals surface area (Å²) in [6, 6.07) is 15.0. The zero-order valence-electron chi connectivity index (χ0n) is 18.7. The molecule has 2 heterocycles. The Labute approximate surface area is 197 Å². The van der Waals surface area contributed by atoms with Gasteiger partial charge in [0.15, 0.2) is 0 Å². The molecule has 0 radical (unpaired) electrons. The molecule has 0 aliphatic carbocycles. The Hall–Kier alpha value is -3.46. The topological polar surface area (TPSA) is 96.5 Å². The van der Waals surface area contributed by atoms with Crippen molar-refractivity contribution in [3.05, 3.63) is 64.1 Å². The normalized spacial score (nSPS) is 14.1. The zero-order chi connectivity index (χ0) is 23.2. The number of hydrogen-bond donors (Lipinski definition) is 2. The van der Waals surface area contributed by atoms with Crippen LogP contribution in [-0.2, 0) is 6.42 Å². The number of urea groups is 1. The number of nitrogens with zero attached hydrogens (tertiary/aromatic N) is 3. The van der Waals surface area contributed by atoms with Gasteiger partial charge < -0.3 is 20.3 Å². The van der Waals surface area contributed by atoms with Gasteiger partial charge in [0.2, 0.25) is 5.01 Å². The molecule has 1 fully saturated rings.